The van der Waals surface area contributed by atoms with Crippen molar-refractivity contribution in [1.29, 1.82) is 0 Å². The minimum absolute atomic E-state index is 0.469. The summed E-state index contributed by atoms with van der Waals surface area (Å²) in [5.41, 5.74) is 1.81. The predicted molar refractivity (Wildman–Crippen MR) is 88.0 cm³/mol. The van der Waals surface area contributed by atoms with Crippen LogP contribution < -0.4 is 0 Å². The molecule has 0 aliphatic carbocycles. The van der Waals surface area contributed by atoms with Crippen molar-refractivity contribution in [2.24, 2.45) is 0 Å². The van der Waals surface area contributed by atoms with Gasteiger partial charge in [0, 0.05) is 11.1 Å². The molecule has 0 aromatic heterocycles. The van der Waals surface area contributed by atoms with Crippen molar-refractivity contribution in [3.05, 3.63) is 70.2 Å². The van der Waals surface area contributed by atoms with Gasteiger partial charge < -0.3 is 0 Å². The second-order valence-corrected chi connectivity index (χ2v) is 5.04. The van der Waals surface area contributed by atoms with Gasteiger partial charge in [-0.25, -0.2) is 8.78 Å². The largest absolute Gasteiger partial charge is 0.207 e. The van der Waals surface area contributed by atoms with E-state index in [-0.39, 0.29) is 0 Å². The maximum atomic E-state index is 12.3. The first-order valence-electron chi connectivity index (χ1n) is 7.07. The third-order valence-corrected chi connectivity index (χ3v) is 2.92. The molecule has 0 saturated carbocycles. The standard InChI is InChI=1S/C9H11Cl.C7H6F2.C2H6/c1-7(2)8-3-5-9(10)6-4-8;1-5-2-3-6(8)4-7(5)9;1-2/h3-7H,1-2H3;2-4H,1H3;1-2H3. The van der Waals surface area contributed by atoms with Crippen LogP contribution in [0.5, 0.6) is 0 Å². The Morgan fingerprint density at radius 1 is 0.905 bits per heavy atom. The summed E-state index contributed by atoms with van der Waals surface area (Å²) < 4.78 is 24.4. The Balaban J connectivity index is 0.000000342. The summed E-state index contributed by atoms with van der Waals surface area (Å²) in [6.07, 6.45) is 0. The second kappa shape index (κ2) is 10.3. The molecule has 2 aromatic rings. The maximum absolute atomic E-state index is 12.3. The zero-order valence-corrected chi connectivity index (χ0v) is 14.0. The number of hydrogen-bond acceptors (Lipinski definition) is 0. The molecule has 0 spiro atoms. The lowest BCUT2D eigenvalue weighted by molar-refractivity contribution is 0.577. The van der Waals surface area contributed by atoms with Gasteiger partial charge in [-0.3, -0.25) is 0 Å². The highest BCUT2D eigenvalue weighted by Gasteiger charge is 1.96. The van der Waals surface area contributed by atoms with Crippen molar-refractivity contribution >= 4 is 11.6 Å². The van der Waals surface area contributed by atoms with E-state index in [9.17, 15) is 8.78 Å². The molecule has 0 N–H and O–H groups in total. The summed E-state index contributed by atoms with van der Waals surface area (Å²) in [4.78, 5) is 0. The van der Waals surface area contributed by atoms with Crippen LogP contribution in [0, 0.1) is 18.6 Å². The highest BCUT2D eigenvalue weighted by atomic mass is 35.5. The lowest BCUT2D eigenvalue weighted by Crippen LogP contribution is -1.84. The van der Waals surface area contributed by atoms with E-state index in [1.165, 1.54) is 17.7 Å². The SMILES string of the molecule is CC.CC(C)c1ccc(Cl)cc1.Cc1ccc(F)cc1F. The molecule has 2 aromatic carbocycles. The van der Waals surface area contributed by atoms with Gasteiger partial charge in [-0.05, 0) is 42.2 Å². The Kier molecular flexibility index (Phi) is 9.64. The van der Waals surface area contributed by atoms with E-state index in [0.29, 0.717) is 11.5 Å². The zero-order valence-electron chi connectivity index (χ0n) is 13.3. The van der Waals surface area contributed by atoms with Crippen LogP contribution in [-0.4, -0.2) is 0 Å². The highest BCUT2D eigenvalue weighted by molar-refractivity contribution is 6.30. The van der Waals surface area contributed by atoms with E-state index in [0.717, 1.165) is 11.1 Å². The number of benzene rings is 2. The van der Waals surface area contributed by atoms with Crippen LogP contribution >= 0.6 is 11.6 Å². The van der Waals surface area contributed by atoms with Crippen molar-refractivity contribution in [3.63, 3.8) is 0 Å². The molecule has 0 fully saturated rings. The zero-order chi connectivity index (χ0) is 16.4. The molecule has 21 heavy (non-hydrogen) atoms. The summed E-state index contributed by atoms with van der Waals surface area (Å²) in [7, 11) is 0. The van der Waals surface area contributed by atoms with Crippen molar-refractivity contribution in [3.8, 4) is 0 Å². The Labute approximate surface area is 131 Å². The molecule has 0 saturated heterocycles. The summed E-state index contributed by atoms with van der Waals surface area (Å²) in [6.45, 7) is 9.93. The summed E-state index contributed by atoms with van der Waals surface area (Å²) in [5.74, 6) is -0.426. The monoisotopic (exact) mass is 312 g/mol. The maximum Gasteiger partial charge on any atom is 0.129 e. The van der Waals surface area contributed by atoms with Gasteiger partial charge in [0.1, 0.15) is 11.6 Å². The highest BCUT2D eigenvalue weighted by Crippen LogP contribution is 2.16. The van der Waals surface area contributed by atoms with Gasteiger partial charge in [-0.2, -0.15) is 0 Å². The van der Waals surface area contributed by atoms with Crippen molar-refractivity contribution in [2.45, 2.75) is 40.5 Å². The molecule has 0 amide bonds. The van der Waals surface area contributed by atoms with Crippen LogP contribution in [0.2, 0.25) is 5.02 Å². The van der Waals surface area contributed by atoms with Gasteiger partial charge in [0.25, 0.3) is 0 Å². The molecule has 0 aliphatic heterocycles. The van der Waals surface area contributed by atoms with Crippen molar-refractivity contribution in [1.82, 2.24) is 0 Å². The topological polar surface area (TPSA) is 0 Å². The van der Waals surface area contributed by atoms with E-state index >= 15 is 0 Å². The van der Waals surface area contributed by atoms with E-state index in [4.69, 9.17) is 11.6 Å². The quantitative estimate of drug-likeness (QED) is 0.545. The summed E-state index contributed by atoms with van der Waals surface area (Å²) in [5, 5.41) is 0.810. The molecule has 0 aliphatic rings. The average Bonchev–Trinajstić information content (AvgIpc) is 2.46. The van der Waals surface area contributed by atoms with Gasteiger partial charge in [-0.1, -0.05) is 57.5 Å². The van der Waals surface area contributed by atoms with Crippen LogP contribution in [0.25, 0.3) is 0 Å². The molecular weight excluding hydrogens is 290 g/mol. The lowest BCUT2D eigenvalue weighted by Gasteiger charge is -2.03. The van der Waals surface area contributed by atoms with Gasteiger partial charge >= 0.3 is 0 Å². The molecule has 0 radical (unpaired) electrons. The second-order valence-electron chi connectivity index (χ2n) is 4.60. The van der Waals surface area contributed by atoms with Gasteiger partial charge in [-0.15, -0.1) is 0 Å². The Bertz CT molecular complexity index is 519. The Morgan fingerprint density at radius 3 is 1.81 bits per heavy atom. The third-order valence-electron chi connectivity index (χ3n) is 2.67. The van der Waals surface area contributed by atoms with Gasteiger partial charge in [0.2, 0.25) is 0 Å². The fraction of sp³-hybridized carbons (Fsp3) is 0.333. The fourth-order valence-electron chi connectivity index (χ4n) is 1.41. The molecule has 2 rings (SSSR count). The Hall–Kier alpha value is -1.41. The number of halogens is 3. The first-order chi connectivity index (χ1) is 9.90. The van der Waals surface area contributed by atoms with Crippen LogP contribution in [-0.2, 0) is 0 Å². The van der Waals surface area contributed by atoms with E-state index < -0.39 is 11.6 Å². The molecule has 116 valence electrons. The molecular formula is C18H23ClF2. The van der Waals surface area contributed by atoms with E-state index in [2.05, 4.69) is 26.0 Å². The van der Waals surface area contributed by atoms with Crippen LogP contribution in [0.15, 0.2) is 42.5 Å². The summed E-state index contributed by atoms with van der Waals surface area (Å²) in [6, 6.07) is 11.5. The molecule has 0 atom stereocenters. The van der Waals surface area contributed by atoms with E-state index in [1.807, 2.05) is 26.0 Å². The van der Waals surface area contributed by atoms with Crippen LogP contribution in [0.4, 0.5) is 8.78 Å². The fourth-order valence-corrected chi connectivity index (χ4v) is 1.54. The average molecular weight is 313 g/mol. The van der Waals surface area contributed by atoms with Gasteiger partial charge in [0.05, 0.1) is 0 Å². The minimum Gasteiger partial charge on any atom is -0.207 e. The van der Waals surface area contributed by atoms with Crippen molar-refractivity contribution in [2.75, 3.05) is 0 Å². The van der Waals surface area contributed by atoms with E-state index in [1.54, 1.807) is 6.92 Å². The smallest absolute Gasteiger partial charge is 0.129 e. The van der Waals surface area contributed by atoms with Crippen molar-refractivity contribution < 1.29 is 8.78 Å². The first kappa shape index (κ1) is 19.6. The predicted octanol–water partition coefficient (Wildman–Crippen LogP) is 6.76. The molecule has 0 heterocycles. The third kappa shape index (κ3) is 7.81. The molecule has 0 unspecified atom stereocenters. The minimum atomic E-state index is -0.530. The summed E-state index contributed by atoms with van der Waals surface area (Å²) >= 11 is 5.72. The molecule has 0 nitrogen and oxygen atoms in total. The molecule has 0 bridgehead atoms. The number of rotatable bonds is 1. The van der Waals surface area contributed by atoms with Crippen LogP contribution in [0.3, 0.4) is 0 Å². The van der Waals surface area contributed by atoms with Crippen LogP contribution in [0.1, 0.15) is 44.7 Å². The lowest BCUT2D eigenvalue weighted by atomic mass is 10.0. The normalized spacial score (nSPS) is 9.38. The number of aryl methyl sites for hydroxylation is 1. The Morgan fingerprint density at radius 2 is 1.43 bits per heavy atom. The van der Waals surface area contributed by atoms with Gasteiger partial charge in [0.15, 0.2) is 0 Å². The molecule has 3 heteroatoms. The first-order valence-corrected chi connectivity index (χ1v) is 7.45. The number of hydrogen-bond donors (Lipinski definition) is 0.